The molecule has 0 unspecified atom stereocenters. The maximum absolute atomic E-state index is 4.99. The Hall–Kier alpha value is -12.0. The van der Waals surface area contributed by atoms with Crippen LogP contribution in [-0.4, -0.2) is 38.2 Å². The van der Waals surface area contributed by atoms with Gasteiger partial charge < -0.3 is 18.3 Å². The number of para-hydroxylation sites is 6. The van der Waals surface area contributed by atoms with Gasteiger partial charge in [-0.25, -0.2) is 0 Å². The highest BCUT2D eigenvalue weighted by molar-refractivity contribution is 6.13. The van der Waals surface area contributed by atoms with Crippen LogP contribution >= 0.6 is 0 Å². The van der Waals surface area contributed by atoms with Gasteiger partial charge in [0.1, 0.15) is 0 Å². The van der Waals surface area contributed by atoms with E-state index in [-0.39, 0.29) is 0 Å². The quantitative estimate of drug-likeness (QED) is 0.166. The van der Waals surface area contributed by atoms with Gasteiger partial charge in [0.15, 0.2) is 0 Å². The normalized spacial score (nSPS) is 13.5. The van der Waals surface area contributed by atoms with Gasteiger partial charge in [-0.1, -0.05) is 158 Å². The highest BCUT2D eigenvalue weighted by atomic mass is 15.0. The summed E-state index contributed by atoms with van der Waals surface area (Å²) in [6.45, 7) is 0. The molecule has 0 amide bonds. The lowest BCUT2D eigenvalue weighted by molar-refractivity contribution is 0.767. The molecule has 8 heterocycles. The van der Waals surface area contributed by atoms with Crippen molar-refractivity contribution in [3.05, 3.63) is 348 Å². The van der Waals surface area contributed by atoms with Crippen LogP contribution in [0.4, 0.5) is 0 Å². The van der Waals surface area contributed by atoms with Crippen molar-refractivity contribution in [2.45, 2.75) is 10.8 Å². The van der Waals surface area contributed by atoms with Gasteiger partial charge >= 0.3 is 0 Å². The van der Waals surface area contributed by atoms with Crippen LogP contribution < -0.4 is 0 Å². The Labute approximate surface area is 529 Å². The van der Waals surface area contributed by atoms with Crippen molar-refractivity contribution < 1.29 is 0 Å². The predicted octanol–water partition coefficient (Wildman–Crippen LogP) is 19.2. The Morgan fingerprint density at radius 1 is 0.228 bits per heavy atom. The first-order valence-corrected chi connectivity index (χ1v) is 31.5. The summed E-state index contributed by atoms with van der Waals surface area (Å²) in [6, 6.07) is 102. The monoisotopic (exact) mass is 1180 g/mol. The molecule has 2 aliphatic rings. The van der Waals surface area contributed by atoms with E-state index in [1.807, 2.05) is 24.8 Å². The first-order valence-electron chi connectivity index (χ1n) is 31.5. The van der Waals surface area contributed by atoms with Gasteiger partial charge in [0.25, 0.3) is 0 Å². The van der Waals surface area contributed by atoms with E-state index in [9.17, 15) is 0 Å². The number of aryl methyl sites for hydroxylation is 2. The van der Waals surface area contributed by atoms with E-state index in [1.165, 1.54) is 121 Å². The summed E-state index contributed by atoms with van der Waals surface area (Å²) in [6.07, 6.45) is 7.55. The van der Waals surface area contributed by atoms with Crippen molar-refractivity contribution in [3.8, 4) is 34.2 Å². The summed E-state index contributed by atoms with van der Waals surface area (Å²) in [5.41, 5.74) is 24.0. The van der Waals surface area contributed by atoms with E-state index in [0.717, 1.165) is 45.3 Å². The Balaban J connectivity index is 0.000000135. The third-order valence-corrected chi connectivity index (χ3v) is 20.2. The standard InChI is InChI=1S/C47H30N4.C37H26N4/c1-3-13-33(14-4-1)50-41-21-9-7-17-35(41)37-29-31(23-25-43(37)50)47(39-19-11-27-48-45(39)46-40(47)20-12-28-49-46)32-24-26-44-38(30-32)36-18-8-10-22-42(36)51(44)34-15-5-2-6-16-34;1-40-31-13-5-3-9-25(31)27-21-23(15-17-33(27)40)37(29-11-7-19-38-35(29)36-30(37)12-8-20-39-36)24-16-18-34-28(22-24)26-10-4-6-14-32(26)41(34)2/h1-30H;3-22H,1-2H3. The van der Waals surface area contributed by atoms with Crippen LogP contribution in [-0.2, 0) is 24.9 Å². The molecule has 432 valence electrons. The smallest absolute Gasteiger partial charge is 0.0937 e. The van der Waals surface area contributed by atoms with Crippen molar-refractivity contribution in [1.29, 1.82) is 0 Å². The van der Waals surface area contributed by atoms with E-state index in [0.29, 0.717) is 0 Å². The van der Waals surface area contributed by atoms with Crippen molar-refractivity contribution in [2.75, 3.05) is 0 Å². The molecule has 92 heavy (non-hydrogen) atoms. The first kappa shape index (κ1) is 52.0. The summed E-state index contributed by atoms with van der Waals surface area (Å²) in [4.78, 5) is 19.8. The predicted molar refractivity (Wildman–Crippen MR) is 375 cm³/mol. The number of aromatic nitrogens is 8. The lowest BCUT2D eigenvalue weighted by Crippen LogP contribution is -2.28. The van der Waals surface area contributed by atoms with Gasteiger partial charge in [0.2, 0.25) is 0 Å². The first-order chi connectivity index (χ1) is 45.5. The lowest BCUT2D eigenvalue weighted by Gasteiger charge is -2.33. The Morgan fingerprint density at radius 3 is 0.815 bits per heavy atom. The van der Waals surface area contributed by atoms with Gasteiger partial charge in [-0.15, -0.1) is 0 Å². The van der Waals surface area contributed by atoms with E-state index >= 15 is 0 Å². The van der Waals surface area contributed by atoms with Crippen LogP contribution in [0.2, 0.25) is 0 Å². The molecule has 0 N–H and O–H groups in total. The largest absolute Gasteiger partial charge is 0.344 e. The van der Waals surface area contributed by atoms with E-state index in [4.69, 9.17) is 19.9 Å². The van der Waals surface area contributed by atoms with E-state index in [1.54, 1.807) is 0 Å². The topological polar surface area (TPSA) is 71.3 Å². The molecule has 8 heteroatoms. The number of hydrogen-bond donors (Lipinski definition) is 0. The summed E-state index contributed by atoms with van der Waals surface area (Å²) in [7, 11) is 4.31. The second kappa shape index (κ2) is 19.7. The number of fused-ring (bicyclic) bond motifs is 18. The van der Waals surface area contributed by atoms with Crippen LogP contribution in [0, 0.1) is 0 Å². The number of hydrogen-bond acceptors (Lipinski definition) is 4. The molecule has 20 rings (SSSR count). The summed E-state index contributed by atoms with van der Waals surface area (Å²) < 4.78 is 9.35. The van der Waals surface area contributed by atoms with Crippen molar-refractivity contribution in [3.63, 3.8) is 0 Å². The molecule has 8 nitrogen and oxygen atoms in total. The average molecular weight is 1180 g/mol. The fourth-order valence-corrected chi connectivity index (χ4v) is 16.4. The number of pyridine rings is 4. The highest BCUT2D eigenvalue weighted by Gasteiger charge is 2.50. The average Bonchev–Trinajstić information content (AvgIpc) is 1.52. The fourth-order valence-electron chi connectivity index (χ4n) is 16.4. The SMILES string of the molecule is Cn1c2ccccc2c2cc(C3(c4ccc5c(c4)c4ccccc4n5C)c4cccnc4-c4ncccc43)ccc21.c1ccc(-n2c3ccccc3c3cc(C4(c5ccc6c(c5)c5ccccc5n6-c5ccccc5)c5cccnc5-c5ncccc54)ccc32)cc1. The van der Waals surface area contributed by atoms with Crippen LogP contribution in [0.3, 0.4) is 0 Å². The van der Waals surface area contributed by atoms with E-state index < -0.39 is 10.8 Å². The minimum atomic E-state index is -0.651. The minimum absolute atomic E-state index is 0.566. The second-order valence-corrected chi connectivity index (χ2v) is 24.6. The maximum Gasteiger partial charge on any atom is 0.0937 e. The zero-order valence-corrected chi connectivity index (χ0v) is 50.4. The molecule has 0 atom stereocenters. The van der Waals surface area contributed by atoms with Crippen LogP contribution in [0.25, 0.3) is 121 Å². The highest BCUT2D eigenvalue weighted by Crippen LogP contribution is 2.58. The number of rotatable bonds is 6. The van der Waals surface area contributed by atoms with Crippen molar-refractivity contribution in [2.24, 2.45) is 14.1 Å². The third-order valence-electron chi connectivity index (χ3n) is 20.2. The fraction of sp³-hybridized carbons (Fsp3) is 0.0476. The molecule has 0 aliphatic heterocycles. The zero-order chi connectivity index (χ0) is 60.8. The Morgan fingerprint density at radius 2 is 0.478 bits per heavy atom. The Kier molecular flexibility index (Phi) is 11.2. The molecule has 10 aromatic carbocycles. The molecule has 18 aromatic rings. The number of nitrogens with zero attached hydrogens (tertiary/aromatic N) is 8. The molecule has 2 aliphatic carbocycles. The summed E-state index contributed by atoms with van der Waals surface area (Å²) in [5.74, 6) is 0. The molecule has 0 radical (unpaired) electrons. The van der Waals surface area contributed by atoms with Crippen LogP contribution in [0.1, 0.15) is 44.5 Å². The van der Waals surface area contributed by atoms with Crippen LogP contribution in [0.15, 0.2) is 304 Å². The molecule has 0 saturated carbocycles. The van der Waals surface area contributed by atoms with E-state index in [2.05, 4.69) is 311 Å². The molecule has 0 saturated heterocycles. The molecular formula is C84H56N8. The maximum atomic E-state index is 4.99. The van der Waals surface area contributed by atoms with Gasteiger partial charge in [-0.2, -0.15) is 0 Å². The summed E-state index contributed by atoms with van der Waals surface area (Å²) >= 11 is 0. The molecule has 0 fully saturated rings. The molecule has 0 spiro atoms. The number of benzene rings is 10. The van der Waals surface area contributed by atoms with Crippen molar-refractivity contribution >= 4 is 87.2 Å². The summed E-state index contributed by atoms with van der Waals surface area (Å²) in [5, 5.41) is 9.94. The molecule has 0 bridgehead atoms. The van der Waals surface area contributed by atoms with Crippen LogP contribution in [0.5, 0.6) is 0 Å². The second-order valence-electron chi connectivity index (χ2n) is 24.6. The van der Waals surface area contributed by atoms with Gasteiger partial charge in [-0.3, -0.25) is 19.9 Å². The van der Waals surface area contributed by atoms with Gasteiger partial charge in [0.05, 0.1) is 55.7 Å². The lowest BCUT2D eigenvalue weighted by atomic mass is 9.67. The van der Waals surface area contributed by atoms with Gasteiger partial charge in [0, 0.05) is 115 Å². The van der Waals surface area contributed by atoms with Gasteiger partial charge in [-0.05, 0) is 166 Å². The third kappa shape index (κ3) is 7.06. The molecule has 8 aromatic heterocycles. The Bertz CT molecular complexity index is 5690. The van der Waals surface area contributed by atoms with Crippen molar-refractivity contribution in [1.82, 2.24) is 38.2 Å². The zero-order valence-electron chi connectivity index (χ0n) is 50.4. The minimum Gasteiger partial charge on any atom is -0.344 e. The molecular weight excluding hydrogens is 1120 g/mol.